The molecule has 2 rings (SSSR count). The molecular weight excluding hydrogens is 265 g/mol. The predicted molar refractivity (Wildman–Crippen MR) is 70.2 cm³/mol. The minimum Gasteiger partial charge on any atom is -0.508 e. The number of benzene rings is 2. The van der Waals surface area contributed by atoms with E-state index in [1.807, 2.05) is 0 Å². The van der Waals surface area contributed by atoms with Gasteiger partial charge in [0.25, 0.3) is 0 Å². The number of nitro benzene ring substituents is 1. The van der Waals surface area contributed by atoms with Crippen LogP contribution in [0.15, 0.2) is 36.4 Å². The van der Waals surface area contributed by atoms with Crippen LogP contribution >= 0.6 is 0 Å². The normalized spacial score (nSPS) is 10.3. The molecule has 0 aliphatic rings. The summed E-state index contributed by atoms with van der Waals surface area (Å²) in [6, 6.07) is 8.53. The summed E-state index contributed by atoms with van der Waals surface area (Å²) < 4.78 is 19.2. The van der Waals surface area contributed by atoms with E-state index >= 15 is 0 Å². The van der Waals surface area contributed by atoms with Crippen molar-refractivity contribution < 1.29 is 19.2 Å². The van der Waals surface area contributed by atoms with Crippen molar-refractivity contribution in [1.82, 2.24) is 0 Å². The highest BCUT2D eigenvalue weighted by Crippen LogP contribution is 2.24. The van der Waals surface area contributed by atoms with Crippen LogP contribution in [0, 0.1) is 22.9 Å². The van der Waals surface area contributed by atoms with E-state index in [-0.39, 0.29) is 17.9 Å². The van der Waals surface area contributed by atoms with E-state index in [4.69, 9.17) is 4.74 Å². The van der Waals surface area contributed by atoms with Crippen LogP contribution in [0.5, 0.6) is 11.5 Å². The average Bonchev–Trinajstić information content (AvgIpc) is 2.36. The van der Waals surface area contributed by atoms with Gasteiger partial charge in [0.05, 0.1) is 4.92 Å². The summed E-state index contributed by atoms with van der Waals surface area (Å²) in [6.45, 7) is 1.62. The zero-order chi connectivity index (χ0) is 14.7. The summed E-state index contributed by atoms with van der Waals surface area (Å²) in [5.74, 6) is -0.498. The molecule has 0 aliphatic carbocycles. The molecule has 0 spiro atoms. The van der Waals surface area contributed by atoms with Crippen LogP contribution in [-0.4, -0.2) is 10.0 Å². The third kappa shape index (κ3) is 3.03. The van der Waals surface area contributed by atoms with Crippen LogP contribution in [0.1, 0.15) is 11.1 Å². The molecule has 104 valence electrons. The van der Waals surface area contributed by atoms with Gasteiger partial charge in [0.15, 0.2) is 0 Å². The highest BCUT2D eigenvalue weighted by molar-refractivity contribution is 5.38. The maximum atomic E-state index is 13.8. The van der Waals surface area contributed by atoms with Gasteiger partial charge in [0, 0.05) is 17.7 Å². The molecule has 0 amide bonds. The van der Waals surface area contributed by atoms with Gasteiger partial charge in [-0.05, 0) is 24.6 Å². The number of hydrogen-bond donors (Lipinski definition) is 1. The van der Waals surface area contributed by atoms with E-state index in [2.05, 4.69) is 0 Å². The lowest BCUT2D eigenvalue weighted by Crippen LogP contribution is -2.01. The molecule has 0 aromatic heterocycles. The second-order valence-corrected chi connectivity index (χ2v) is 4.30. The van der Waals surface area contributed by atoms with Crippen LogP contribution in [0.4, 0.5) is 10.1 Å². The van der Waals surface area contributed by atoms with Gasteiger partial charge in [-0.15, -0.1) is 0 Å². The predicted octanol–water partition coefficient (Wildman–Crippen LogP) is 3.33. The Hall–Kier alpha value is -2.63. The number of aromatic hydroxyl groups is 1. The summed E-state index contributed by atoms with van der Waals surface area (Å²) in [5.41, 5.74) is 0.290. The first-order valence-corrected chi connectivity index (χ1v) is 5.82. The van der Waals surface area contributed by atoms with Crippen molar-refractivity contribution in [2.24, 2.45) is 0 Å². The van der Waals surface area contributed by atoms with Gasteiger partial charge in [-0.3, -0.25) is 10.1 Å². The van der Waals surface area contributed by atoms with Crippen LogP contribution < -0.4 is 4.74 Å². The molecule has 0 heterocycles. The van der Waals surface area contributed by atoms with Crippen molar-refractivity contribution in [2.75, 3.05) is 0 Å². The Kier molecular flexibility index (Phi) is 3.84. The number of aryl methyl sites for hydroxylation is 1. The Labute approximate surface area is 114 Å². The lowest BCUT2D eigenvalue weighted by atomic mass is 10.2. The maximum absolute atomic E-state index is 13.8. The van der Waals surface area contributed by atoms with Gasteiger partial charge in [-0.2, -0.15) is 4.39 Å². The number of hydrogen-bond acceptors (Lipinski definition) is 4. The van der Waals surface area contributed by atoms with E-state index in [0.29, 0.717) is 5.75 Å². The number of nitro groups is 1. The SMILES string of the molecule is Cc1cc(O)cc(OCc2cccc([N+](=O)[O-])c2F)c1. The third-order valence-corrected chi connectivity index (χ3v) is 2.68. The van der Waals surface area contributed by atoms with Crippen molar-refractivity contribution in [3.63, 3.8) is 0 Å². The molecule has 0 bridgehead atoms. The molecule has 0 fully saturated rings. The summed E-state index contributed by atoms with van der Waals surface area (Å²) in [5, 5.41) is 20.0. The Balaban J connectivity index is 2.19. The van der Waals surface area contributed by atoms with Crippen molar-refractivity contribution >= 4 is 5.69 Å². The third-order valence-electron chi connectivity index (χ3n) is 2.68. The molecule has 6 heteroatoms. The number of ether oxygens (including phenoxy) is 1. The molecule has 0 atom stereocenters. The number of phenols is 1. The van der Waals surface area contributed by atoms with Crippen LogP contribution in [-0.2, 0) is 6.61 Å². The number of nitrogens with zero attached hydrogens (tertiary/aromatic N) is 1. The van der Waals surface area contributed by atoms with Crippen LogP contribution in [0.2, 0.25) is 0 Å². The average molecular weight is 277 g/mol. The smallest absolute Gasteiger partial charge is 0.305 e. The van der Waals surface area contributed by atoms with E-state index in [0.717, 1.165) is 11.6 Å². The zero-order valence-electron chi connectivity index (χ0n) is 10.7. The molecule has 0 saturated heterocycles. The monoisotopic (exact) mass is 277 g/mol. The summed E-state index contributed by atoms with van der Waals surface area (Å²) >= 11 is 0. The first-order valence-electron chi connectivity index (χ1n) is 5.82. The van der Waals surface area contributed by atoms with Gasteiger partial charge in [0.2, 0.25) is 5.82 Å². The molecule has 0 saturated carbocycles. The summed E-state index contributed by atoms with van der Waals surface area (Å²) in [7, 11) is 0. The van der Waals surface area contributed by atoms with E-state index in [1.54, 1.807) is 19.1 Å². The topological polar surface area (TPSA) is 72.6 Å². The maximum Gasteiger partial charge on any atom is 0.305 e. The second-order valence-electron chi connectivity index (χ2n) is 4.30. The molecule has 20 heavy (non-hydrogen) atoms. The van der Waals surface area contributed by atoms with Crippen molar-refractivity contribution in [2.45, 2.75) is 13.5 Å². The van der Waals surface area contributed by atoms with E-state index < -0.39 is 16.4 Å². The number of rotatable bonds is 4. The zero-order valence-corrected chi connectivity index (χ0v) is 10.7. The molecule has 0 aliphatic heterocycles. The van der Waals surface area contributed by atoms with Crippen LogP contribution in [0.25, 0.3) is 0 Å². The van der Waals surface area contributed by atoms with Gasteiger partial charge in [-0.1, -0.05) is 12.1 Å². The molecule has 0 radical (unpaired) electrons. The lowest BCUT2D eigenvalue weighted by molar-refractivity contribution is -0.387. The highest BCUT2D eigenvalue weighted by atomic mass is 19.1. The Bertz CT molecular complexity index is 637. The first kappa shape index (κ1) is 13.8. The molecule has 1 N–H and O–H groups in total. The summed E-state index contributed by atoms with van der Waals surface area (Å²) in [4.78, 5) is 9.85. The largest absolute Gasteiger partial charge is 0.508 e. The number of phenolic OH excluding ortho intramolecular Hbond substituents is 1. The Morgan fingerprint density at radius 3 is 2.75 bits per heavy atom. The van der Waals surface area contributed by atoms with Crippen molar-refractivity contribution in [3.8, 4) is 11.5 Å². The van der Waals surface area contributed by atoms with Gasteiger partial charge in [0.1, 0.15) is 18.1 Å². The van der Waals surface area contributed by atoms with Gasteiger partial charge < -0.3 is 9.84 Å². The van der Waals surface area contributed by atoms with Crippen molar-refractivity contribution in [3.05, 3.63) is 63.5 Å². The van der Waals surface area contributed by atoms with Crippen molar-refractivity contribution in [1.29, 1.82) is 0 Å². The molecule has 0 unspecified atom stereocenters. The minimum absolute atomic E-state index is 0.0412. The standard InChI is InChI=1S/C14H12FNO4/c1-9-5-11(17)7-12(6-9)20-8-10-3-2-4-13(14(10)15)16(18)19/h2-7,17H,8H2,1H3. The molecular formula is C14H12FNO4. The highest BCUT2D eigenvalue weighted by Gasteiger charge is 2.17. The Morgan fingerprint density at radius 1 is 1.35 bits per heavy atom. The van der Waals surface area contributed by atoms with Crippen LogP contribution in [0.3, 0.4) is 0 Å². The van der Waals surface area contributed by atoms with Gasteiger partial charge in [-0.25, -0.2) is 0 Å². The fourth-order valence-corrected chi connectivity index (χ4v) is 1.79. The fraction of sp³-hybridized carbons (Fsp3) is 0.143. The van der Waals surface area contributed by atoms with E-state index in [9.17, 15) is 19.6 Å². The lowest BCUT2D eigenvalue weighted by Gasteiger charge is -2.08. The minimum atomic E-state index is -0.908. The second kappa shape index (κ2) is 5.56. The number of halogens is 1. The summed E-state index contributed by atoms with van der Waals surface area (Å²) in [6.07, 6.45) is 0. The quantitative estimate of drug-likeness (QED) is 0.687. The fourth-order valence-electron chi connectivity index (χ4n) is 1.79. The van der Waals surface area contributed by atoms with E-state index in [1.165, 1.54) is 18.2 Å². The molecule has 5 nitrogen and oxygen atoms in total. The molecule has 2 aromatic carbocycles. The Morgan fingerprint density at radius 2 is 2.10 bits per heavy atom. The first-order chi connectivity index (χ1) is 9.47. The molecule has 2 aromatic rings. The van der Waals surface area contributed by atoms with Gasteiger partial charge >= 0.3 is 5.69 Å².